The van der Waals surface area contributed by atoms with Crippen LogP contribution in [0.25, 0.3) is 0 Å². The summed E-state index contributed by atoms with van der Waals surface area (Å²) in [5.41, 5.74) is 0. The van der Waals surface area contributed by atoms with Crippen LogP contribution in [0.4, 0.5) is 0 Å². The van der Waals surface area contributed by atoms with Crippen molar-refractivity contribution in [1.29, 1.82) is 0 Å². The van der Waals surface area contributed by atoms with Crippen LogP contribution in [-0.2, 0) is 9.59 Å². The van der Waals surface area contributed by atoms with Gasteiger partial charge in [-0.15, -0.1) is 0 Å². The van der Waals surface area contributed by atoms with Crippen LogP contribution >= 0.6 is 0 Å². The zero-order chi connectivity index (χ0) is 8.43. The Hall–Kier alpha value is -0.795. The van der Waals surface area contributed by atoms with E-state index in [0.29, 0.717) is 12.8 Å². The fourth-order valence-corrected chi connectivity index (χ4v) is 1.24. The van der Waals surface area contributed by atoms with E-state index in [1.807, 2.05) is 6.92 Å². The number of carbonyl (C=O) groups is 2. The molecule has 1 aliphatic heterocycles. The predicted molar refractivity (Wildman–Crippen MR) is 40.6 cm³/mol. The highest BCUT2D eigenvalue weighted by Crippen LogP contribution is 2.19. The van der Waals surface area contributed by atoms with Crippen LogP contribution in [0.5, 0.6) is 0 Å². The molecule has 0 aromatic rings. The van der Waals surface area contributed by atoms with Crippen molar-refractivity contribution in [2.45, 2.75) is 26.2 Å². The molecular weight excluding hydrogens is 141 g/mol. The third kappa shape index (κ3) is 1.44. The van der Waals surface area contributed by atoms with Gasteiger partial charge >= 0.3 is 0 Å². The molecule has 0 N–H and O–H groups in total. The summed E-state index contributed by atoms with van der Waals surface area (Å²) in [5.74, 6) is -0.541. The number of carbonyl (C=O) groups excluding carboxylic acids is 2. The van der Waals surface area contributed by atoms with Gasteiger partial charge in [-0.1, -0.05) is 6.92 Å². The minimum Gasteiger partial charge on any atom is -0.340 e. The average molecular weight is 151 g/mol. The van der Waals surface area contributed by atoms with Crippen LogP contribution < -0.4 is 0 Å². The van der Waals surface area contributed by atoms with Crippen LogP contribution in [-0.4, -0.2) is 24.6 Å². The van der Waals surface area contributed by atoms with Gasteiger partial charge < -0.3 is 4.81 Å². The standard InChI is InChI=1S/C7H10BNO2/c1-2-5-3-4-6(10)9(8)7(5)11/h5H,2-4H2,1H3. The normalized spacial score (nSPS) is 25.9. The molecule has 0 spiro atoms. The molecule has 58 valence electrons. The van der Waals surface area contributed by atoms with Crippen molar-refractivity contribution in [3.05, 3.63) is 0 Å². The summed E-state index contributed by atoms with van der Waals surface area (Å²) in [6.45, 7) is 1.92. The molecular formula is C7H10BNO2. The van der Waals surface area contributed by atoms with Crippen molar-refractivity contribution in [2.24, 2.45) is 5.92 Å². The topological polar surface area (TPSA) is 37.4 Å². The molecule has 0 aromatic carbocycles. The Labute approximate surface area is 67.2 Å². The van der Waals surface area contributed by atoms with Crippen LogP contribution in [0.3, 0.4) is 0 Å². The second kappa shape index (κ2) is 3.07. The van der Waals surface area contributed by atoms with Gasteiger partial charge in [0, 0.05) is 12.3 Å². The first-order chi connectivity index (χ1) is 5.16. The van der Waals surface area contributed by atoms with E-state index in [0.717, 1.165) is 11.2 Å². The van der Waals surface area contributed by atoms with Gasteiger partial charge in [0.05, 0.1) is 0 Å². The fourth-order valence-electron chi connectivity index (χ4n) is 1.24. The van der Waals surface area contributed by atoms with E-state index < -0.39 is 0 Å². The predicted octanol–water partition coefficient (Wildman–Crippen LogP) is 0.245. The maximum atomic E-state index is 11.1. The molecule has 2 amide bonds. The molecule has 2 radical (unpaired) electrons. The zero-order valence-corrected chi connectivity index (χ0v) is 6.54. The van der Waals surface area contributed by atoms with Crippen molar-refractivity contribution in [1.82, 2.24) is 4.81 Å². The molecule has 0 aliphatic carbocycles. The van der Waals surface area contributed by atoms with Gasteiger partial charge in [-0.3, -0.25) is 9.59 Å². The van der Waals surface area contributed by atoms with Gasteiger partial charge in [0.25, 0.3) is 0 Å². The molecule has 3 nitrogen and oxygen atoms in total. The van der Waals surface area contributed by atoms with Gasteiger partial charge in [0.2, 0.25) is 19.8 Å². The number of amides is 2. The van der Waals surface area contributed by atoms with Crippen molar-refractivity contribution in [3.8, 4) is 0 Å². The fraction of sp³-hybridized carbons (Fsp3) is 0.714. The Balaban J connectivity index is 2.67. The molecule has 1 aliphatic rings. The summed E-state index contributed by atoms with van der Waals surface area (Å²) in [7, 11) is 5.22. The first-order valence-electron chi connectivity index (χ1n) is 3.78. The van der Waals surface area contributed by atoms with E-state index >= 15 is 0 Å². The van der Waals surface area contributed by atoms with E-state index in [1.165, 1.54) is 0 Å². The SMILES string of the molecule is [B]N1C(=O)CCC(CC)C1=O. The number of rotatable bonds is 1. The molecule has 0 saturated carbocycles. The summed E-state index contributed by atoms with van der Waals surface area (Å²) in [4.78, 5) is 22.7. The van der Waals surface area contributed by atoms with Crippen molar-refractivity contribution < 1.29 is 9.59 Å². The second-order valence-corrected chi connectivity index (χ2v) is 2.75. The van der Waals surface area contributed by atoms with Gasteiger partial charge in [0.1, 0.15) is 0 Å². The Kier molecular flexibility index (Phi) is 2.32. The van der Waals surface area contributed by atoms with Crippen molar-refractivity contribution >= 4 is 19.8 Å². The van der Waals surface area contributed by atoms with E-state index in [1.54, 1.807) is 0 Å². The van der Waals surface area contributed by atoms with Crippen LogP contribution in [0.1, 0.15) is 26.2 Å². The minimum atomic E-state index is -0.264. The molecule has 0 aromatic heterocycles. The van der Waals surface area contributed by atoms with Crippen molar-refractivity contribution in [3.63, 3.8) is 0 Å². The summed E-state index contributed by atoms with van der Waals surface area (Å²) in [6.07, 6.45) is 1.82. The molecule has 1 unspecified atom stereocenters. The minimum absolute atomic E-state index is 0.0438. The van der Waals surface area contributed by atoms with Gasteiger partial charge in [0.15, 0.2) is 0 Å². The van der Waals surface area contributed by atoms with E-state index in [2.05, 4.69) is 0 Å². The van der Waals surface area contributed by atoms with Crippen LogP contribution in [0.15, 0.2) is 0 Å². The number of imide groups is 1. The second-order valence-electron chi connectivity index (χ2n) is 2.75. The molecule has 4 heteroatoms. The smallest absolute Gasteiger partial charge is 0.242 e. The van der Waals surface area contributed by atoms with Gasteiger partial charge in [-0.05, 0) is 12.8 Å². The number of piperidine rings is 1. The number of hydrogen-bond acceptors (Lipinski definition) is 2. The lowest BCUT2D eigenvalue weighted by Crippen LogP contribution is -2.43. The first kappa shape index (κ1) is 8.30. The van der Waals surface area contributed by atoms with Crippen LogP contribution in [0.2, 0.25) is 0 Å². The Morgan fingerprint density at radius 3 is 2.82 bits per heavy atom. The van der Waals surface area contributed by atoms with Gasteiger partial charge in [-0.25, -0.2) is 0 Å². The van der Waals surface area contributed by atoms with Gasteiger partial charge in [-0.2, -0.15) is 0 Å². The Morgan fingerprint density at radius 2 is 2.27 bits per heavy atom. The molecule has 1 atom stereocenters. The Morgan fingerprint density at radius 1 is 1.64 bits per heavy atom. The summed E-state index contributed by atoms with van der Waals surface area (Å²) in [6, 6.07) is 0. The lowest BCUT2D eigenvalue weighted by molar-refractivity contribution is -0.145. The Bertz CT molecular complexity index is 193. The first-order valence-corrected chi connectivity index (χ1v) is 3.78. The van der Waals surface area contributed by atoms with Crippen molar-refractivity contribution in [2.75, 3.05) is 0 Å². The summed E-state index contributed by atoms with van der Waals surface area (Å²) < 4.78 is 0. The lowest BCUT2D eigenvalue weighted by Gasteiger charge is -2.27. The highest BCUT2D eigenvalue weighted by Gasteiger charge is 2.29. The monoisotopic (exact) mass is 151 g/mol. The highest BCUT2D eigenvalue weighted by molar-refractivity contribution is 6.25. The third-order valence-electron chi connectivity index (χ3n) is 2.05. The number of hydrogen-bond donors (Lipinski definition) is 0. The maximum Gasteiger partial charge on any atom is 0.242 e. The zero-order valence-electron chi connectivity index (χ0n) is 6.54. The summed E-state index contributed by atoms with van der Waals surface area (Å²) in [5, 5.41) is 0. The molecule has 1 fully saturated rings. The summed E-state index contributed by atoms with van der Waals surface area (Å²) >= 11 is 0. The molecule has 1 saturated heterocycles. The average Bonchev–Trinajstić information content (AvgIpc) is 2.01. The molecule has 1 rings (SSSR count). The third-order valence-corrected chi connectivity index (χ3v) is 2.05. The number of nitrogens with zero attached hydrogens (tertiary/aromatic N) is 1. The van der Waals surface area contributed by atoms with E-state index in [4.69, 9.17) is 7.98 Å². The van der Waals surface area contributed by atoms with E-state index in [9.17, 15) is 9.59 Å². The maximum absolute atomic E-state index is 11.1. The lowest BCUT2D eigenvalue weighted by atomic mass is 9.92. The van der Waals surface area contributed by atoms with E-state index in [-0.39, 0.29) is 17.7 Å². The molecule has 1 heterocycles. The van der Waals surface area contributed by atoms with Crippen LogP contribution in [0, 0.1) is 5.92 Å². The highest BCUT2D eigenvalue weighted by atomic mass is 16.2. The molecule has 0 bridgehead atoms. The molecule has 11 heavy (non-hydrogen) atoms. The largest absolute Gasteiger partial charge is 0.340 e. The quantitative estimate of drug-likeness (QED) is 0.397.